The molecule has 0 saturated carbocycles. The van der Waals surface area contributed by atoms with Gasteiger partial charge in [0.05, 0.1) is 12.1 Å². The quantitative estimate of drug-likeness (QED) is 0.795. The van der Waals surface area contributed by atoms with Gasteiger partial charge in [-0.05, 0) is 37.4 Å². The van der Waals surface area contributed by atoms with Gasteiger partial charge in [-0.1, -0.05) is 20.8 Å². The standard InChI is InChI=1S/C15H27N3O/c1-6-7-17-13(14(19-5)10(2)3)12-8-11(4)9-18-15(12)16/h8-10,13-14,17H,6-7H2,1-5H3,(H2,16,18). The van der Waals surface area contributed by atoms with E-state index in [9.17, 15) is 0 Å². The summed E-state index contributed by atoms with van der Waals surface area (Å²) < 4.78 is 5.67. The lowest BCUT2D eigenvalue weighted by Gasteiger charge is -2.31. The number of hydrogen-bond donors (Lipinski definition) is 2. The van der Waals surface area contributed by atoms with Gasteiger partial charge in [-0.3, -0.25) is 0 Å². The minimum Gasteiger partial charge on any atom is -0.383 e. The SMILES string of the molecule is CCCNC(c1cc(C)cnc1N)C(OC)C(C)C. The van der Waals surface area contributed by atoms with Crippen molar-refractivity contribution in [2.24, 2.45) is 5.92 Å². The molecule has 108 valence electrons. The van der Waals surface area contributed by atoms with Crippen LogP contribution in [0.5, 0.6) is 0 Å². The van der Waals surface area contributed by atoms with Crippen LogP contribution in [-0.2, 0) is 4.74 Å². The van der Waals surface area contributed by atoms with Gasteiger partial charge >= 0.3 is 0 Å². The van der Waals surface area contributed by atoms with Crippen LogP contribution in [-0.4, -0.2) is 24.7 Å². The maximum atomic E-state index is 6.05. The molecule has 0 aliphatic carbocycles. The first kappa shape index (κ1) is 15.9. The number of ether oxygens (including phenoxy) is 1. The third-order valence-corrected chi connectivity index (χ3v) is 3.29. The van der Waals surface area contributed by atoms with E-state index in [2.05, 4.69) is 37.1 Å². The summed E-state index contributed by atoms with van der Waals surface area (Å²) in [6.45, 7) is 9.44. The Bertz CT molecular complexity index is 393. The fraction of sp³-hybridized carbons (Fsp3) is 0.667. The third kappa shape index (κ3) is 4.18. The van der Waals surface area contributed by atoms with E-state index in [0.29, 0.717) is 11.7 Å². The number of aryl methyl sites for hydroxylation is 1. The van der Waals surface area contributed by atoms with Crippen molar-refractivity contribution in [3.63, 3.8) is 0 Å². The van der Waals surface area contributed by atoms with E-state index in [-0.39, 0.29) is 12.1 Å². The Labute approximate surface area is 116 Å². The number of nitrogens with zero attached hydrogens (tertiary/aromatic N) is 1. The predicted octanol–water partition coefficient (Wildman–Crippen LogP) is 2.68. The number of hydrogen-bond acceptors (Lipinski definition) is 4. The molecule has 1 aromatic rings. The van der Waals surface area contributed by atoms with Gasteiger partial charge < -0.3 is 15.8 Å². The normalized spacial score (nSPS) is 14.6. The van der Waals surface area contributed by atoms with E-state index in [1.165, 1.54) is 0 Å². The van der Waals surface area contributed by atoms with Crippen LogP contribution in [0.3, 0.4) is 0 Å². The molecule has 0 saturated heterocycles. The van der Waals surface area contributed by atoms with Gasteiger partial charge in [0, 0.05) is 18.9 Å². The molecule has 0 fully saturated rings. The molecule has 4 nitrogen and oxygen atoms in total. The van der Waals surface area contributed by atoms with Crippen LogP contribution in [0, 0.1) is 12.8 Å². The van der Waals surface area contributed by atoms with Gasteiger partial charge in [-0.25, -0.2) is 4.98 Å². The van der Waals surface area contributed by atoms with Gasteiger partial charge in [-0.2, -0.15) is 0 Å². The molecular formula is C15H27N3O. The number of rotatable bonds is 7. The zero-order chi connectivity index (χ0) is 14.4. The van der Waals surface area contributed by atoms with Gasteiger partial charge in [0.1, 0.15) is 5.82 Å². The van der Waals surface area contributed by atoms with E-state index in [0.717, 1.165) is 24.1 Å². The third-order valence-electron chi connectivity index (χ3n) is 3.29. The van der Waals surface area contributed by atoms with Crippen LogP contribution in [0.15, 0.2) is 12.3 Å². The number of aromatic nitrogens is 1. The molecule has 0 spiro atoms. The van der Waals surface area contributed by atoms with Crippen molar-refractivity contribution in [2.45, 2.75) is 46.3 Å². The average molecular weight is 265 g/mol. The molecule has 0 radical (unpaired) electrons. The van der Waals surface area contributed by atoms with Crippen LogP contribution >= 0.6 is 0 Å². The van der Waals surface area contributed by atoms with Gasteiger partial charge in [0.15, 0.2) is 0 Å². The highest BCUT2D eigenvalue weighted by molar-refractivity contribution is 5.43. The number of nitrogens with one attached hydrogen (secondary N) is 1. The summed E-state index contributed by atoms with van der Waals surface area (Å²) in [5.41, 5.74) is 8.20. The summed E-state index contributed by atoms with van der Waals surface area (Å²) in [5, 5.41) is 3.54. The van der Waals surface area contributed by atoms with Crippen molar-refractivity contribution in [1.82, 2.24) is 10.3 Å². The second-order valence-electron chi connectivity index (χ2n) is 5.36. The monoisotopic (exact) mass is 265 g/mol. The van der Waals surface area contributed by atoms with Crippen molar-refractivity contribution >= 4 is 5.82 Å². The lowest BCUT2D eigenvalue weighted by molar-refractivity contribution is 0.0328. The maximum absolute atomic E-state index is 6.05. The first-order chi connectivity index (χ1) is 9.01. The Morgan fingerprint density at radius 1 is 1.42 bits per heavy atom. The predicted molar refractivity (Wildman–Crippen MR) is 80.1 cm³/mol. The summed E-state index contributed by atoms with van der Waals surface area (Å²) >= 11 is 0. The van der Waals surface area contributed by atoms with Gasteiger partial charge in [-0.15, -0.1) is 0 Å². The molecule has 1 heterocycles. The molecule has 1 rings (SSSR count). The Kier molecular flexibility index (Phi) is 6.25. The Morgan fingerprint density at radius 3 is 2.63 bits per heavy atom. The maximum Gasteiger partial charge on any atom is 0.128 e. The van der Waals surface area contributed by atoms with E-state index >= 15 is 0 Å². The lowest BCUT2D eigenvalue weighted by atomic mass is 9.93. The highest BCUT2D eigenvalue weighted by Crippen LogP contribution is 2.28. The van der Waals surface area contributed by atoms with Crippen LogP contribution in [0.4, 0.5) is 5.82 Å². The van der Waals surface area contributed by atoms with Crippen molar-refractivity contribution < 1.29 is 4.74 Å². The summed E-state index contributed by atoms with van der Waals surface area (Å²) in [5.74, 6) is 0.987. The average Bonchev–Trinajstić information content (AvgIpc) is 2.37. The summed E-state index contributed by atoms with van der Waals surface area (Å²) in [6.07, 6.45) is 2.95. The lowest BCUT2D eigenvalue weighted by Crippen LogP contribution is -2.37. The minimum absolute atomic E-state index is 0.0809. The molecule has 2 unspecified atom stereocenters. The van der Waals surface area contributed by atoms with E-state index in [4.69, 9.17) is 10.5 Å². The van der Waals surface area contributed by atoms with E-state index < -0.39 is 0 Å². The first-order valence-electron chi connectivity index (χ1n) is 6.99. The number of anilines is 1. The van der Waals surface area contributed by atoms with Crippen LogP contribution in [0.1, 0.15) is 44.4 Å². The summed E-state index contributed by atoms with van der Waals surface area (Å²) in [6, 6.07) is 2.18. The van der Waals surface area contributed by atoms with E-state index in [1.807, 2.05) is 6.92 Å². The molecule has 19 heavy (non-hydrogen) atoms. The highest BCUT2D eigenvalue weighted by atomic mass is 16.5. The second kappa shape index (κ2) is 7.46. The van der Waals surface area contributed by atoms with Crippen molar-refractivity contribution in [1.29, 1.82) is 0 Å². The molecule has 3 N–H and O–H groups in total. The van der Waals surface area contributed by atoms with Crippen molar-refractivity contribution in [3.8, 4) is 0 Å². The topological polar surface area (TPSA) is 60.2 Å². The Balaban J connectivity index is 3.10. The highest BCUT2D eigenvalue weighted by Gasteiger charge is 2.27. The van der Waals surface area contributed by atoms with Crippen molar-refractivity contribution in [3.05, 3.63) is 23.4 Å². The largest absolute Gasteiger partial charge is 0.383 e. The molecular weight excluding hydrogens is 238 g/mol. The number of methoxy groups -OCH3 is 1. The van der Waals surface area contributed by atoms with Crippen LogP contribution in [0.25, 0.3) is 0 Å². The molecule has 0 amide bonds. The molecule has 0 aliphatic heterocycles. The Hall–Kier alpha value is -1.13. The first-order valence-corrected chi connectivity index (χ1v) is 6.99. The number of pyridine rings is 1. The van der Waals surface area contributed by atoms with Gasteiger partial charge in [0.25, 0.3) is 0 Å². The zero-order valence-corrected chi connectivity index (χ0v) is 12.7. The summed E-state index contributed by atoms with van der Waals surface area (Å²) in [4.78, 5) is 4.27. The number of nitrogens with two attached hydrogens (primary N) is 1. The number of nitrogen functional groups attached to an aromatic ring is 1. The minimum atomic E-state index is 0.0809. The fourth-order valence-corrected chi connectivity index (χ4v) is 2.35. The van der Waals surface area contributed by atoms with E-state index in [1.54, 1.807) is 13.3 Å². The van der Waals surface area contributed by atoms with Crippen molar-refractivity contribution in [2.75, 3.05) is 19.4 Å². The smallest absolute Gasteiger partial charge is 0.128 e. The molecule has 1 aromatic heterocycles. The molecule has 0 bridgehead atoms. The zero-order valence-electron chi connectivity index (χ0n) is 12.7. The fourth-order valence-electron chi connectivity index (χ4n) is 2.35. The molecule has 4 heteroatoms. The second-order valence-corrected chi connectivity index (χ2v) is 5.36. The molecule has 0 aromatic carbocycles. The van der Waals surface area contributed by atoms with Gasteiger partial charge in [0.2, 0.25) is 0 Å². The van der Waals surface area contributed by atoms with Crippen LogP contribution < -0.4 is 11.1 Å². The Morgan fingerprint density at radius 2 is 2.11 bits per heavy atom. The van der Waals surface area contributed by atoms with Crippen LogP contribution in [0.2, 0.25) is 0 Å². The molecule has 0 aliphatic rings. The summed E-state index contributed by atoms with van der Waals surface area (Å²) in [7, 11) is 1.75. The molecule has 2 atom stereocenters.